The number of amides is 1. The number of rotatable bonds is 4. The Hall–Kier alpha value is -1.69. The molecule has 1 aromatic carbocycles. The largest absolute Gasteiger partial charge is 0.474 e. The second-order valence-electron chi connectivity index (χ2n) is 3.02. The third-order valence-electron chi connectivity index (χ3n) is 2.05. The lowest BCUT2D eigenvalue weighted by Crippen LogP contribution is -2.27. The van der Waals surface area contributed by atoms with Gasteiger partial charge in [-0.05, 0) is 5.56 Å². The molecule has 1 atom stereocenters. The van der Waals surface area contributed by atoms with Gasteiger partial charge in [0.1, 0.15) is 6.10 Å². The summed E-state index contributed by atoms with van der Waals surface area (Å²) in [4.78, 5) is 13.2. The standard InChI is InChI=1S/C10H11F2NO3/c1-15-9(7-13(11)10(14)16-12)8-5-3-2-4-6-8/h2-6,9H,7H2,1H3. The Morgan fingerprint density at radius 3 is 2.56 bits per heavy atom. The van der Waals surface area contributed by atoms with Crippen LogP contribution in [0.5, 0.6) is 0 Å². The van der Waals surface area contributed by atoms with E-state index < -0.39 is 18.7 Å². The third kappa shape index (κ3) is 3.16. The Balaban J connectivity index is 2.66. The second-order valence-corrected chi connectivity index (χ2v) is 3.02. The predicted molar refractivity (Wildman–Crippen MR) is 51.6 cm³/mol. The van der Waals surface area contributed by atoms with Gasteiger partial charge >= 0.3 is 6.09 Å². The number of ether oxygens (including phenoxy) is 1. The van der Waals surface area contributed by atoms with E-state index in [9.17, 15) is 13.8 Å². The van der Waals surface area contributed by atoms with Gasteiger partial charge in [-0.15, -0.1) is 5.12 Å². The van der Waals surface area contributed by atoms with Crippen LogP contribution in [0.2, 0.25) is 0 Å². The van der Waals surface area contributed by atoms with Gasteiger partial charge in [-0.2, -0.15) is 0 Å². The summed E-state index contributed by atoms with van der Waals surface area (Å²) in [5, 5.41) is -0.388. The molecule has 6 heteroatoms. The van der Waals surface area contributed by atoms with Crippen LogP contribution in [0.4, 0.5) is 13.8 Å². The topological polar surface area (TPSA) is 38.8 Å². The van der Waals surface area contributed by atoms with Crippen LogP contribution >= 0.6 is 0 Å². The summed E-state index contributed by atoms with van der Waals surface area (Å²) in [7, 11) is 1.37. The van der Waals surface area contributed by atoms with Gasteiger partial charge in [-0.3, -0.25) is 0 Å². The molecule has 0 radical (unpaired) electrons. The van der Waals surface area contributed by atoms with Gasteiger partial charge in [0.2, 0.25) is 0 Å². The smallest absolute Gasteiger partial charge is 0.375 e. The predicted octanol–water partition coefficient (Wildman–Crippen LogP) is 2.58. The second kappa shape index (κ2) is 6.02. The monoisotopic (exact) mass is 231 g/mol. The summed E-state index contributed by atoms with van der Waals surface area (Å²) in [5.74, 6) is 0. The molecule has 0 fully saturated rings. The van der Waals surface area contributed by atoms with E-state index in [4.69, 9.17) is 4.74 Å². The number of nitrogens with zero attached hydrogens (tertiary/aromatic N) is 1. The van der Waals surface area contributed by atoms with E-state index in [0.717, 1.165) is 0 Å². The summed E-state index contributed by atoms with van der Waals surface area (Å²) in [5.41, 5.74) is 0.680. The molecule has 0 heterocycles. The van der Waals surface area contributed by atoms with Crippen molar-refractivity contribution in [3.05, 3.63) is 35.9 Å². The van der Waals surface area contributed by atoms with Crippen LogP contribution in [0.3, 0.4) is 0 Å². The first-order chi connectivity index (χ1) is 7.69. The van der Waals surface area contributed by atoms with E-state index in [1.54, 1.807) is 30.3 Å². The van der Waals surface area contributed by atoms with E-state index in [2.05, 4.69) is 4.94 Å². The van der Waals surface area contributed by atoms with Crippen molar-refractivity contribution in [3.63, 3.8) is 0 Å². The van der Waals surface area contributed by atoms with Gasteiger partial charge in [0.25, 0.3) is 0 Å². The fourth-order valence-corrected chi connectivity index (χ4v) is 1.24. The zero-order valence-electron chi connectivity index (χ0n) is 8.60. The summed E-state index contributed by atoms with van der Waals surface area (Å²) >= 11 is 0. The number of methoxy groups -OCH3 is 1. The van der Waals surface area contributed by atoms with Crippen LogP contribution in [0.25, 0.3) is 0 Å². The molecule has 0 aliphatic carbocycles. The average molecular weight is 231 g/mol. The van der Waals surface area contributed by atoms with Crippen molar-refractivity contribution in [2.24, 2.45) is 0 Å². The third-order valence-corrected chi connectivity index (χ3v) is 2.05. The number of carbonyl (C=O) groups excluding carboxylic acids is 1. The molecule has 0 aliphatic heterocycles. The molecule has 0 aromatic heterocycles. The quantitative estimate of drug-likeness (QED) is 0.747. The lowest BCUT2D eigenvalue weighted by atomic mass is 10.1. The maximum absolute atomic E-state index is 13.0. The lowest BCUT2D eigenvalue weighted by molar-refractivity contribution is -0.116. The Bertz CT molecular complexity index is 334. The summed E-state index contributed by atoms with van der Waals surface area (Å²) in [6.07, 6.45) is -2.37. The molecule has 1 rings (SSSR count). The molecular formula is C10H11F2NO3. The van der Waals surface area contributed by atoms with Gasteiger partial charge in [0, 0.05) is 11.6 Å². The van der Waals surface area contributed by atoms with E-state index in [-0.39, 0.29) is 5.12 Å². The molecule has 0 saturated heterocycles. The zero-order valence-corrected chi connectivity index (χ0v) is 8.60. The molecule has 0 saturated carbocycles. The van der Waals surface area contributed by atoms with Gasteiger partial charge in [-0.25, -0.2) is 9.74 Å². The minimum absolute atomic E-state index is 0.388. The molecule has 16 heavy (non-hydrogen) atoms. The molecule has 0 aliphatic rings. The number of carbonyl (C=O) groups is 1. The van der Waals surface area contributed by atoms with Crippen LogP contribution in [0.1, 0.15) is 11.7 Å². The van der Waals surface area contributed by atoms with Crippen molar-refractivity contribution < 1.29 is 23.5 Å². The van der Waals surface area contributed by atoms with E-state index in [0.29, 0.717) is 5.56 Å². The highest BCUT2D eigenvalue weighted by atomic mass is 19.3. The zero-order chi connectivity index (χ0) is 12.0. The lowest BCUT2D eigenvalue weighted by Gasteiger charge is -2.18. The highest BCUT2D eigenvalue weighted by Crippen LogP contribution is 2.18. The van der Waals surface area contributed by atoms with Crippen molar-refractivity contribution in [1.29, 1.82) is 0 Å². The first-order valence-corrected chi connectivity index (χ1v) is 4.52. The van der Waals surface area contributed by atoms with Crippen LogP contribution in [0, 0.1) is 0 Å². The average Bonchev–Trinajstić information content (AvgIpc) is 2.35. The molecule has 0 N–H and O–H groups in total. The van der Waals surface area contributed by atoms with Crippen LogP contribution in [-0.4, -0.2) is 24.9 Å². The number of halogens is 2. The van der Waals surface area contributed by atoms with Crippen LogP contribution in [-0.2, 0) is 9.68 Å². The van der Waals surface area contributed by atoms with Crippen molar-refractivity contribution in [2.45, 2.75) is 6.10 Å². The number of hydrogen-bond donors (Lipinski definition) is 0. The highest BCUT2D eigenvalue weighted by molar-refractivity contribution is 5.65. The fraction of sp³-hybridized carbons (Fsp3) is 0.300. The Labute approximate surface area is 91.2 Å². The maximum atomic E-state index is 13.0. The van der Waals surface area contributed by atoms with Crippen molar-refractivity contribution in [1.82, 2.24) is 5.12 Å². The Morgan fingerprint density at radius 2 is 2.06 bits per heavy atom. The normalized spacial score (nSPS) is 11.9. The molecule has 1 unspecified atom stereocenters. The summed E-state index contributed by atoms with van der Waals surface area (Å²) in [6, 6.07) is 8.71. The summed E-state index contributed by atoms with van der Waals surface area (Å²) in [6.45, 7) is -0.441. The Kier molecular flexibility index (Phi) is 4.65. The minimum atomic E-state index is -1.70. The van der Waals surface area contributed by atoms with Crippen molar-refractivity contribution >= 4 is 6.09 Å². The van der Waals surface area contributed by atoms with E-state index >= 15 is 0 Å². The van der Waals surface area contributed by atoms with Crippen molar-refractivity contribution in [2.75, 3.05) is 13.7 Å². The maximum Gasteiger partial charge on any atom is 0.474 e. The molecular weight excluding hydrogens is 220 g/mol. The highest BCUT2D eigenvalue weighted by Gasteiger charge is 2.21. The summed E-state index contributed by atoms with van der Waals surface area (Å²) < 4.78 is 29.4. The molecule has 0 bridgehead atoms. The molecule has 4 nitrogen and oxygen atoms in total. The fourth-order valence-electron chi connectivity index (χ4n) is 1.24. The number of benzene rings is 1. The van der Waals surface area contributed by atoms with Gasteiger partial charge < -0.3 is 4.74 Å². The van der Waals surface area contributed by atoms with Crippen LogP contribution < -0.4 is 0 Å². The van der Waals surface area contributed by atoms with Gasteiger partial charge in [0.05, 0.1) is 6.54 Å². The Morgan fingerprint density at radius 1 is 1.44 bits per heavy atom. The number of hydrogen-bond acceptors (Lipinski definition) is 3. The first-order valence-electron chi connectivity index (χ1n) is 4.52. The van der Waals surface area contributed by atoms with Gasteiger partial charge in [0.15, 0.2) is 0 Å². The molecule has 1 amide bonds. The van der Waals surface area contributed by atoms with Crippen LogP contribution in [0.15, 0.2) is 30.3 Å². The molecule has 88 valence electrons. The van der Waals surface area contributed by atoms with Gasteiger partial charge in [-0.1, -0.05) is 34.8 Å². The minimum Gasteiger partial charge on any atom is -0.375 e. The first kappa shape index (κ1) is 12.4. The van der Waals surface area contributed by atoms with Crippen molar-refractivity contribution in [3.8, 4) is 0 Å². The van der Waals surface area contributed by atoms with E-state index in [1.165, 1.54) is 7.11 Å². The van der Waals surface area contributed by atoms with E-state index in [1.807, 2.05) is 0 Å². The molecule has 0 spiro atoms. The SMILES string of the molecule is COC(CN(F)C(=O)OF)c1ccccc1. The molecule has 1 aromatic rings.